The molecule has 1 N–H and O–H groups in total. The Bertz CT molecular complexity index is 1170. The molecule has 0 aliphatic heterocycles. The molecule has 28 heavy (non-hydrogen) atoms. The molecule has 0 spiro atoms. The number of ketones is 1. The summed E-state index contributed by atoms with van der Waals surface area (Å²) in [6, 6.07) is 11.2. The van der Waals surface area contributed by atoms with Crippen LogP contribution >= 0.6 is 11.3 Å². The number of methoxy groups -OCH3 is 1. The second-order valence-electron chi connectivity index (χ2n) is 5.79. The summed E-state index contributed by atoms with van der Waals surface area (Å²) in [5, 5.41) is 0. The van der Waals surface area contributed by atoms with E-state index >= 15 is 0 Å². The Hall–Kier alpha value is -3.13. The minimum Gasteiger partial charge on any atom is -0.497 e. The second kappa shape index (κ2) is 7.85. The predicted octanol–water partition coefficient (Wildman–Crippen LogP) is 2.96. The van der Waals surface area contributed by atoms with Crippen LogP contribution in [0, 0.1) is 0 Å². The van der Waals surface area contributed by atoms with Gasteiger partial charge in [-0.2, -0.15) is 13.2 Å². The van der Waals surface area contributed by atoms with E-state index in [4.69, 9.17) is 4.74 Å². The van der Waals surface area contributed by atoms with E-state index in [0.29, 0.717) is 16.0 Å². The van der Waals surface area contributed by atoms with Crippen LogP contribution in [0.3, 0.4) is 0 Å². The molecule has 144 valence electrons. The predicted molar refractivity (Wildman–Crippen MR) is 101 cm³/mol. The molecule has 3 aromatic rings. The summed E-state index contributed by atoms with van der Waals surface area (Å²) >= 11 is 0.992. The normalized spacial score (nSPS) is 13.0. The van der Waals surface area contributed by atoms with Gasteiger partial charge in [-0.3, -0.25) is 9.59 Å². The average molecular weight is 405 g/mol. The fourth-order valence-electron chi connectivity index (χ4n) is 2.44. The number of Topliss-reactive ketones (excluding diaryl/α,β-unsaturated/α-hetero) is 1. The molecule has 0 fully saturated rings. The number of carbonyl (C=O) groups excluding carboxylic acids is 1. The van der Waals surface area contributed by atoms with Gasteiger partial charge in [0, 0.05) is 11.6 Å². The lowest BCUT2D eigenvalue weighted by atomic mass is 10.1. The highest BCUT2D eigenvalue weighted by Gasteiger charge is 2.30. The molecule has 8 heteroatoms. The molecule has 0 aliphatic carbocycles. The van der Waals surface area contributed by atoms with Crippen LogP contribution in [-0.2, 0) is 6.18 Å². The first-order valence-electron chi connectivity index (χ1n) is 8.04. The lowest BCUT2D eigenvalue weighted by molar-refractivity contribution is -0.137. The Kier molecular flexibility index (Phi) is 5.51. The maximum absolute atomic E-state index is 12.8. The van der Waals surface area contributed by atoms with E-state index in [1.165, 1.54) is 31.4 Å². The third kappa shape index (κ3) is 4.58. The number of alkyl halides is 3. The van der Waals surface area contributed by atoms with Crippen LogP contribution in [0.1, 0.15) is 21.5 Å². The first kappa shape index (κ1) is 19.6. The van der Waals surface area contributed by atoms with Crippen LogP contribution in [-0.4, -0.2) is 17.9 Å². The Labute approximate surface area is 161 Å². The minimum absolute atomic E-state index is 0.202. The summed E-state index contributed by atoms with van der Waals surface area (Å²) in [6.45, 7) is 0. The van der Waals surface area contributed by atoms with E-state index in [2.05, 4.69) is 4.98 Å². The van der Waals surface area contributed by atoms with Gasteiger partial charge in [0.15, 0.2) is 5.78 Å². The highest BCUT2D eigenvalue weighted by atomic mass is 32.1. The largest absolute Gasteiger partial charge is 0.497 e. The van der Waals surface area contributed by atoms with Crippen molar-refractivity contribution in [3.05, 3.63) is 84.8 Å². The summed E-state index contributed by atoms with van der Waals surface area (Å²) in [5.41, 5.74) is -0.611. The van der Waals surface area contributed by atoms with Crippen molar-refractivity contribution in [3.8, 4) is 5.75 Å². The lowest BCUT2D eigenvalue weighted by Gasteiger charge is -2.06. The summed E-state index contributed by atoms with van der Waals surface area (Å²) in [7, 11) is 1.52. The zero-order chi connectivity index (χ0) is 20.3. The van der Waals surface area contributed by atoms with Crippen LogP contribution in [0.25, 0.3) is 12.2 Å². The number of hydrogen-bond donors (Lipinski definition) is 1. The number of carbonyl (C=O) groups is 1. The van der Waals surface area contributed by atoms with E-state index in [-0.39, 0.29) is 15.9 Å². The highest BCUT2D eigenvalue weighted by molar-refractivity contribution is 7.07. The zero-order valence-corrected chi connectivity index (χ0v) is 15.4. The maximum Gasteiger partial charge on any atom is 0.416 e. The van der Waals surface area contributed by atoms with Crippen LogP contribution in [0.15, 0.2) is 53.3 Å². The Morgan fingerprint density at radius 3 is 2.50 bits per heavy atom. The monoisotopic (exact) mass is 405 g/mol. The van der Waals surface area contributed by atoms with Gasteiger partial charge in [0.1, 0.15) is 5.75 Å². The summed E-state index contributed by atoms with van der Waals surface area (Å²) in [5.74, 6) is 0.296. The van der Waals surface area contributed by atoms with E-state index in [1.54, 1.807) is 24.3 Å². The molecule has 3 rings (SSSR count). The van der Waals surface area contributed by atoms with Crippen molar-refractivity contribution in [3.63, 3.8) is 0 Å². The van der Waals surface area contributed by atoms with Gasteiger partial charge in [-0.1, -0.05) is 12.1 Å². The average Bonchev–Trinajstić information content (AvgIpc) is 3.00. The van der Waals surface area contributed by atoms with Crippen molar-refractivity contribution >= 4 is 29.3 Å². The third-order valence-electron chi connectivity index (χ3n) is 3.83. The first-order valence-corrected chi connectivity index (χ1v) is 8.86. The van der Waals surface area contributed by atoms with Gasteiger partial charge >= 0.3 is 6.18 Å². The number of halogens is 3. The van der Waals surface area contributed by atoms with Crippen molar-refractivity contribution in [1.82, 2.24) is 4.98 Å². The smallest absolute Gasteiger partial charge is 0.416 e. The van der Waals surface area contributed by atoms with E-state index in [9.17, 15) is 22.8 Å². The summed E-state index contributed by atoms with van der Waals surface area (Å²) in [6.07, 6.45) is -1.83. The Morgan fingerprint density at radius 2 is 1.86 bits per heavy atom. The molecular formula is C20H14F3NO3S. The quantitative estimate of drug-likeness (QED) is 0.679. The van der Waals surface area contributed by atoms with Crippen molar-refractivity contribution in [2.24, 2.45) is 0 Å². The lowest BCUT2D eigenvalue weighted by Crippen LogP contribution is -2.20. The maximum atomic E-state index is 12.8. The molecule has 0 atom stereocenters. The van der Waals surface area contributed by atoms with E-state index in [1.807, 2.05) is 0 Å². The number of hydrogen-bond acceptors (Lipinski definition) is 4. The van der Waals surface area contributed by atoms with Crippen molar-refractivity contribution < 1.29 is 22.7 Å². The van der Waals surface area contributed by atoms with Gasteiger partial charge in [0.2, 0.25) is 0 Å². The summed E-state index contributed by atoms with van der Waals surface area (Å²) in [4.78, 5) is 26.9. The third-order valence-corrected chi connectivity index (χ3v) is 4.79. The Balaban J connectivity index is 1.94. The fraction of sp³-hybridized carbons (Fsp3) is 0.100. The van der Waals surface area contributed by atoms with Gasteiger partial charge in [-0.05, 0) is 48.0 Å². The van der Waals surface area contributed by atoms with Crippen molar-refractivity contribution in [2.75, 3.05) is 7.11 Å². The van der Waals surface area contributed by atoms with Crippen LogP contribution in [0.4, 0.5) is 13.2 Å². The zero-order valence-electron chi connectivity index (χ0n) is 14.5. The summed E-state index contributed by atoms with van der Waals surface area (Å²) < 4.78 is 44.0. The van der Waals surface area contributed by atoms with Crippen LogP contribution in [0.5, 0.6) is 5.75 Å². The van der Waals surface area contributed by atoms with Crippen molar-refractivity contribution in [1.29, 1.82) is 0 Å². The SMILES string of the molecule is COc1ccc(C(=O)C=c2[nH]c(=O)c(=Cc3cccc(C(F)(F)F)c3)s2)cc1. The molecule has 0 radical (unpaired) electrons. The number of aromatic nitrogens is 1. The van der Waals surface area contributed by atoms with Gasteiger partial charge in [0.05, 0.1) is 21.9 Å². The molecule has 0 aliphatic rings. The van der Waals surface area contributed by atoms with Gasteiger partial charge < -0.3 is 9.72 Å². The topological polar surface area (TPSA) is 59.2 Å². The number of thiazole rings is 1. The molecule has 2 aromatic carbocycles. The molecule has 0 unspecified atom stereocenters. The van der Waals surface area contributed by atoms with E-state index in [0.717, 1.165) is 23.5 Å². The van der Waals surface area contributed by atoms with Gasteiger partial charge in [0.25, 0.3) is 5.56 Å². The second-order valence-corrected chi connectivity index (χ2v) is 6.87. The fourth-order valence-corrected chi connectivity index (χ4v) is 3.32. The van der Waals surface area contributed by atoms with Crippen molar-refractivity contribution in [2.45, 2.75) is 6.18 Å². The molecular weight excluding hydrogens is 391 g/mol. The molecule has 0 amide bonds. The molecule has 0 saturated carbocycles. The number of aromatic amines is 1. The van der Waals surface area contributed by atoms with Crippen LogP contribution in [0.2, 0.25) is 0 Å². The standard InChI is InChI=1S/C20H14F3NO3S/c1-27-15-7-5-13(6-8-15)16(25)11-18-24-19(26)17(28-18)10-12-3-2-4-14(9-12)20(21,22)23/h2-11H,1H3,(H,24,26). The number of ether oxygens (including phenoxy) is 1. The van der Waals surface area contributed by atoms with Gasteiger partial charge in [-0.15, -0.1) is 11.3 Å². The minimum atomic E-state index is -4.46. The van der Waals surface area contributed by atoms with Crippen LogP contribution < -0.4 is 19.5 Å². The number of rotatable bonds is 4. The number of benzene rings is 2. The molecule has 0 bridgehead atoms. The Morgan fingerprint density at radius 1 is 1.14 bits per heavy atom. The highest BCUT2D eigenvalue weighted by Crippen LogP contribution is 2.29. The first-order chi connectivity index (χ1) is 13.3. The molecule has 1 aromatic heterocycles. The molecule has 1 heterocycles. The molecule has 4 nitrogen and oxygen atoms in total. The number of nitrogens with one attached hydrogen (secondary N) is 1. The van der Waals surface area contributed by atoms with E-state index < -0.39 is 17.3 Å². The van der Waals surface area contributed by atoms with Gasteiger partial charge in [-0.25, -0.2) is 0 Å². The number of H-pyrrole nitrogens is 1. The molecule has 0 saturated heterocycles.